The molecule has 2 heterocycles. The highest BCUT2D eigenvalue weighted by atomic mass is 35.5. The van der Waals surface area contributed by atoms with Gasteiger partial charge in [0.2, 0.25) is 0 Å². The molecule has 0 unspecified atom stereocenters. The highest BCUT2D eigenvalue weighted by Crippen LogP contribution is 2.28. The standard InChI is InChI=1S/C7H6ClNO/c8-7-3-1-2-5(9-7)6-4-10-6/h1-3,6H,4H2/t6-/m0/s1. The smallest absolute Gasteiger partial charge is 0.129 e. The van der Waals surface area contributed by atoms with E-state index in [1.54, 1.807) is 6.07 Å². The molecule has 1 aliphatic rings. The Labute approximate surface area is 63.8 Å². The molecule has 0 spiro atoms. The first-order valence-electron chi connectivity index (χ1n) is 3.10. The molecule has 0 N–H and O–H groups in total. The average molecular weight is 156 g/mol. The first kappa shape index (κ1) is 6.13. The number of hydrogen-bond donors (Lipinski definition) is 0. The summed E-state index contributed by atoms with van der Waals surface area (Å²) in [7, 11) is 0. The fraction of sp³-hybridized carbons (Fsp3) is 0.286. The van der Waals surface area contributed by atoms with E-state index >= 15 is 0 Å². The third-order valence-corrected chi connectivity index (χ3v) is 1.61. The third kappa shape index (κ3) is 1.13. The van der Waals surface area contributed by atoms with Crippen LogP contribution in [0.25, 0.3) is 0 Å². The average Bonchev–Trinajstić information content (AvgIpc) is 2.68. The molecule has 1 aromatic rings. The summed E-state index contributed by atoms with van der Waals surface area (Å²) < 4.78 is 5.03. The van der Waals surface area contributed by atoms with Gasteiger partial charge >= 0.3 is 0 Å². The molecule has 0 bridgehead atoms. The van der Waals surface area contributed by atoms with Gasteiger partial charge in [0, 0.05) is 0 Å². The van der Waals surface area contributed by atoms with Crippen molar-refractivity contribution >= 4 is 11.6 Å². The van der Waals surface area contributed by atoms with Gasteiger partial charge in [-0.25, -0.2) is 4.98 Å². The van der Waals surface area contributed by atoms with Gasteiger partial charge in [-0.2, -0.15) is 0 Å². The van der Waals surface area contributed by atoms with Crippen molar-refractivity contribution < 1.29 is 4.74 Å². The van der Waals surface area contributed by atoms with E-state index < -0.39 is 0 Å². The van der Waals surface area contributed by atoms with Crippen LogP contribution in [-0.2, 0) is 4.74 Å². The third-order valence-electron chi connectivity index (χ3n) is 1.40. The van der Waals surface area contributed by atoms with Gasteiger partial charge in [-0.15, -0.1) is 0 Å². The first-order chi connectivity index (χ1) is 4.86. The lowest BCUT2D eigenvalue weighted by atomic mass is 10.3. The molecule has 52 valence electrons. The molecule has 2 nitrogen and oxygen atoms in total. The molecule has 1 atom stereocenters. The van der Waals surface area contributed by atoms with Gasteiger partial charge in [-0.05, 0) is 12.1 Å². The van der Waals surface area contributed by atoms with Crippen molar-refractivity contribution in [2.24, 2.45) is 0 Å². The molecule has 1 aromatic heterocycles. The van der Waals surface area contributed by atoms with E-state index in [2.05, 4.69) is 4.98 Å². The zero-order valence-electron chi connectivity index (χ0n) is 5.25. The minimum absolute atomic E-state index is 0.207. The van der Waals surface area contributed by atoms with Crippen LogP contribution in [0.5, 0.6) is 0 Å². The summed E-state index contributed by atoms with van der Waals surface area (Å²) in [4.78, 5) is 4.08. The maximum absolute atomic E-state index is 5.65. The van der Waals surface area contributed by atoms with Crippen LogP contribution in [-0.4, -0.2) is 11.6 Å². The SMILES string of the molecule is Clc1cccc([C@@H]2CO2)n1. The molecule has 0 amide bonds. The van der Waals surface area contributed by atoms with Gasteiger partial charge in [-0.1, -0.05) is 17.7 Å². The van der Waals surface area contributed by atoms with Crippen molar-refractivity contribution in [2.75, 3.05) is 6.61 Å². The molecule has 0 aliphatic carbocycles. The Balaban J connectivity index is 2.32. The van der Waals surface area contributed by atoms with Gasteiger partial charge < -0.3 is 4.74 Å². The molecule has 0 radical (unpaired) electrons. The molecule has 1 aliphatic heterocycles. The maximum atomic E-state index is 5.65. The van der Waals surface area contributed by atoms with E-state index in [1.165, 1.54) is 0 Å². The lowest BCUT2D eigenvalue weighted by molar-refractivity contribution is 0.411. The fourth-order valence-electron chi connectivity index (χ4n) is 0.822. The summed E-state index contributed by atoms with van der Waals surface area (Å²) in [6, 6.07) is 5.56. The van der Waals surface area contributed by atoms with Crippen LogP contribution in [0.2, 0.25) is 5.15 Å². The van der Waals surface area contributed by atoms with Gasteiger partial charge in [-0.3, -0.25) is 0 Å². The predicted molar refractivity (Wildman–Crippen MR) is 37.9 cm³/mol. The number of rotatable bonds is 1. The van der Waals surface area contributed by atoms with E-state index in [0.717, 1.165) is 12.3 Å². The highest BCUT2D eigenvalue weighted by molar-refractivity contribution is 6.29. The summed E-state index contributed by atoms with van der Waals surface area (Å²) in [5, 5.41) is 0.535. The van der Waals surface area contributed by atoms with Crippen LogP contribution >= 0.6 is 11.6 Å². The Morgan fingerprint density at radius 1 is 1.60 bits per heavy atom. The topological polar surface area (TPSA) is 25.4 Å². The molecular weight excluding hydrogens is 150 g/mol. The van der Waals surface area contributed by atoms with Crippen LogP contribution in [0, 0.1) is 0 Å². The Morgan fingerprint density at radius 2 is 2.40 bits per heavy atom. The second-order valence-electron chi connectivity index (χ2n) is 2.21. The number of hydrogen-bond acceptors (Lipinski definition) is 2. The molecule has 10 heavy (non-hydrogen) atoms. The lowest BCUT2D eigenvalue weighted by Gasteiger charge is -1.92. The summed E-state index contributed by atoms with van der Waals surface area (Å²) in [6.45, 7) is 0.785. The molecule has 3 heteroatoms. The van der Waals surface area contributed by atoms with Crippen LogP contribution in [0.3, 0.4) is 0 Å². The minimum Gasteiger partial charge on any atom is -0.366 e. The van der Waals surface area contributed by atoms with Crippen LogP contribution < -0.4 is 0 Å². The first-order valence-corrected chi connectivity index (χ1v) is 3.48. The number of aromatic nitrogens is 1. The summed E-state index contributed by atoms with van der Waals surface area (Å²) in [5.74, 6) is 0. The number of nitrogens with zero attached hydrogens (tertiary/aromatic N) is 1. The van der Waals surface area contributed by atoms with Gasteiger partial charge in [0.1, 0.15) is 11.3 Å². The number of epoxide rings is 1. The van der Waals surface area contributed by atoms with Crippen molar-refractivity contribution in [1.29, 1.82) is 0 Å². The Morgan fingerprint density at radius 3 is 3.00 bits per heavy atom. The molecular formula is C7H6ClNO. The number of ether oxygens (including phenoxy) is 1. The van der Waals surface area contributed by atoms with Crippen molar-refractivity contribution in [2.45, 2.75) is 6.10 Å². The second-order valence-corrected chi connectivity index (χ2v) is 2.59. The summed E-state index contributed by atoms with van der Waals surface area (Å²) in [6.07, 6.45) is 0.207. The lowest BCUT2D eigenvalue weighted by Crippen LogP contribution is -1.85. The van der Waals surface area contributed by atoms with Crippen molar-refractivity contribution in [3.8, 4) is 0 Å². The van der Waals surface area contributed by atoms with E-state index in [9.17, 15) is 0 Å². The molecule has 2 rings (SSSR count). The van der Waals surface area contributed by atoms with Crippen LogP contribution in [0.1, 0.15) is 11.8 Å². The van der Waals surface area contributed by atoms with E-state index in [0.29, 0.717) is 5.15 Å². The quantitative estimate of drug-likeness (QED) is 0.457. The zero-order valence-corrected chi connectivity index (χ0v) is 6.01. The minimum atomic E-state index is 0.207. The highest BCUT2D eigenvalue weighted by Gasteiger charge is 2.25. The number of pyridine rings is 1. The second kappa shape index (κ2) is 2.22. The molecule has 1 fully saturated rings. The number of halogens is 1. The molecule has 0 saturated carbocycles. The normalized spacial score (nSPS) is 22.7. The van der Waals surface area contributed by atoms with Gasteiger partial charge in [0.05, 0.1) is 12.3 Å². The van der Waals surface area contributed by atoms with E-state index in [1.807, 2.05) is 12.1 Å². The molecule has 1 saturated heterocycles. The maximum Gasteiger partial charge on any atom is 0.129 e. The Hall–Kier alpha value is -0.600. The molecule has 0 aromatic carbocycles. The van der Waals surface area contributed by atoms with Gasteiger partial charge in [0.15, 0.2) is 0 Å². The van der Waals surface area contributed by atoms with Crippen LogP contribution in [0.4, 0.5) is 0 Å². The van der Waals surface area contributed by atoms with E-state index in [-0.39, 0.29) is 6.10 Å². The van der Waals surface area contributed by atoms with E-state index in [4.69, 9.17) is 16.3 Å². The summed E-state index contributed by atoms with van der Waals surface area (Å²) in [5.41, 5.74) is 0.938. The van der Waals surface area contributed by atoms with Crippen molar-refractivity contribution in [3.63, 3.8) is 0 Å². The predicted octanol–water partition coefficient (Wildman–Crippen LogP) is 1.81. The van der Waals surface area contributed by atoms with Crippen LogP contribution in [0.15, 0.2) is 18.2 Å². The Bertz CT molecular complexity index is 247. The summed E-state index contributed by atoms with van der Waals surface area (Å²) >= 11 is 5.65. The fourth-order valence-corrected chi connectivity index (χ4v) is 0.992. The zero-order chi connectivity index (χ0) is 6.97. The van der Waals surface area contributed by atoms with Crippen molar-refractivity contribution in [1.82, 2.24) is 4.98 Å². The van der Waals surface area contributed by atoms with Gasteiger partial charge in [0.25, 0.3) is 0 Å². The monoisotopic (exact) mass is 155 g/mol. The largest absolute Gasteiger partial charge is 0.366 e. The Kier molecular flexibility index (Phi) is 1.36. The van der Waals surface area contributed by atoms with Crippen molar-refractivity contribution in [3.05, 3.63) is 29.0 Å².